The fraction of sp³-hybridized carbons (Fsp3) is 0.429. The Kier molecular flexibility index (Phi) is 5.34. The van der Waals surface area contributed by atoms with Crippen molar-refractivity contribution in [1.82, 2.24) is 0 Å². The maximum absolute atomic E-state index is 15.1. The molecule has 4 nitrogen and oxygen atoms in total. The molecule has 0 aromatic heterocycles. The summed E-state index contributed by atoms with van der Waals surface area (Å²) < 4.78 is 67.4. The Morgan fingerprint density at radius 1 is 1.14 bits per heavy atom. The second-order valence-electron chi connectivity index (χ2n) is 7.45. The summed E-state index contributed by atoms with van der Waals surface area (Å²) in [5.74, 6) is -2.55. The van der Waals surface area contributed by atoms with Crippen molar-refractivity contribution >= 4 is 21.4 Å². The van der Waals surface area contributed by atoms with Gasteiger partial charge in [0.2, 0.25) is 0 Å². The van der Waals surface area contributed by atoms with Crippen LogP contribution in [0.5, 0.6) is 5.75 Å². The summed E-state index contributed by atoms with van der Waals surface area (Å²) in [4.78, 5) is 0.0144. The molecule has 0 spiro atoms. The summed E-state index contributed by atoms with van der Waals surface area (Å²) in [6, 6.07) is 7.68. The second-order valence-corrected chi connectivity index (χ2v) is 10.1. The lowest BCUT2D eigenvalue weighted by Gasteiger charge is -2.50. The van der Waals surface area contributed by atoms with Crippen LogP contribution in [-0.4, -0.2) is 27.7 Å². The minimum absolute atomic E-state index is 0.0135. The number of halogens is 3. The van der Waals surface area contributed by atoms with Crippen LogP contribution in [0.2, 0.25) is 5.02 Å². The third-order valence-electron chi connectivity index (χ3n) is 5.92. The molecule has 0 bridgehead atoms. The molecule has 3 atom stereocenters. The highest BCUT2D eigenvalue weighted by Crippen LogP contribution is 2.55. The van der Waals surface area contributed by atoms with Crippen molar-refractivity contribution in [3.05, 3.63) is 58.6 Å². The Balaban J connectivity index is 2.01. The molecule has 2 aromatic rings. The molecule has 2 aliphatic heterocycles. The van der Waals surface area contributed by atoms with Crippen LogP contribution < -0.4 is 4.74 Å². The molecule has 1 saturated heterocycles. The van der Waals surface area contributed by atoms with E-state index >= 15 is 4.39 Å². The van der Waals surface area contributed by atoms with Gasteiger partial charge in [-0.15, -0.1) is 0 Å². The highest BCUT2D eigenvalue weighted by atomic mass is 35.5. The van der Waals surface area contributed by atoms with Gasteiger partial charge < -0.3 is 9.47 Å². The fourth-order valence-electron chi connectivity index (χ4n) is 4.62. The van der Waals surface area contributed by atoms with E-state index in [2.05, 4.69) is 0 Å². The minimum atomic E-state index is -4.13. The van der Waals surface area contributed by atoms with E-state index in [9.17, 15) is 12.8 Å². The van der Waals surface area contributed by atoms with E-state index in [0.717, 1.165) is 18.6 Å². The molecule has 0 N–H and O–H groups in total. The van der Waals surface area contributed by atoms with Gasteiger partial charge in [-0.05, 0) is 49.2 Å². The van der Waals surface area contributed by atoms with Gasteiger partial charge in [-0.3, -0.25) is 0 Å². The third kappa shape index (κ3) is 3.05. The van der Waals surface area contributed by atoms with E-state index in [0.29, 0.717) is 11.4 Å². The number of hydrogen-bond acceptors (Lipinski definition) is 4. The van der Waals surface area contributed by atoms with E-state index in [4.69, 9.17) is 21.1 Å². The molecule has 4 rings (SSSR count). The van der Waals surface area contributed by atoms with Crippen LogP contribution in [0, 0.1) is 17.6 Å². The number of rotatable bonds is 4. The average molecular weight is 443 g/mol. The molecule has 2 aromatic carbocycles. The molecule has 2 heterocycles. The van der Waals surface area contributed by atoms with Crippen molar-refractivity contribution in [3.8, 4) is 5.75 Å². The molecular formula is C21H21ClF2O4S. The Morgan fingerprint density at radius 3 is 2.52 bits per heavy atom. The summed E-state index contributed by atoms with van der Waals surface area (Å²) in [5, 5.41) is 0.387. The predicted octanol–water partition coefficient (Wildman–Crippen LogP) is 4.89. The Labute approximate surface area is 173 Å². The number of fused-ring (bicyclic) bond motifs is 3. The third-order valence-corrected chi connectivity index (χ3v) is 8.73. The topological polar surface area (TPSA) is 52.6 Å². The van der Waals surface area contributed by atoms with Crippen molar-refractivity contribution in [2.75, 3.05) is 13.2 Å². The van der Waals surface area contributed by atoms with Crippen LogP contribution in [-0.2, 0) is 19.3 Å². The maximum atomic E-state index is 15.1. The highest BCUT2D eigenvalue weighted by Gasteiger charge is 2.61. The Bertz CT molecular complexity index is 1020. The largest absolute Gasteiger partial charge is 0.490 e. The van der Waals surface area contributed by atoms with Crippen molar-refractivity contribution in [2.24, 2.45) is 5.92 Å². The van der Waals surface area contributed by atoms with Gasteiger partial charge in [0.25, 0.3) is 0 Å². The van der Waals surface area contributed by atoms with Gasteiger partial charge in [0.1, 0.15) is 10.6 Å². The zero-order valence-corrected chi connectivity index (χ0v) is 17.4. The maximum Gasteiger partial charge on any atom is 0.189 e. The van der Waals surface area contributed by atoms with Gasteiger partial charge in [0, 0.05) is 17.5 Å². The average Bonchev–Trinajstić information content (AvgIpc) is 2.71. The molecule has 0 unspecified atom stereocenters. The molecule has 0 saturated carbocycles. The number of hydrogen-bond donors (Lipinski definition) is 0. The first-order valence-corrected chi connectivity index (χ1v) is 11.4. The van der Waals surface area contributed by atoms with Crippen LogP contribution in [0.15, 0.2) is 41.3 Å². The molecule has 29 heavy (non-hydrogen) atoms. The standard InChI is InChI=1S/C21H21ClF2O4S/c1-2-3-18-15-12-28-20-17(24)9-8-16(23)19(20)21(15,10-11-27-18)29(25,26)14-6-4-13(22)5-7-14/h4-9,15,18H,2-3,10-12H2,1H3/t15-,18-,21-/m0/s1. The monoisotopic (exact) mass is 442 g/mol. The first-order chi connectivity index (χ1) is 13.8. The summed E-state index contributed by atoms with van der Waals surface area (Å²) in [7, 11) is -4.13. The van der Waals surface area contributed by atoms with Crippen LogP contribution in [0.3, 0.4) is 0 Å². The van der Waals surface area contributed by atoms with Crippen LogP contribution in [0.25, 0.3) is 0 Å². The normalized spacial score (nSPS) is 26.3. The van der Waals surface area contributed by atoms with Crippen molar-refractivity contribution in [3.63, 3.8) is 0 Å². The van der Waals surface area contributed by atoms with Crippen molar-refractivity contribution in [2.45, 2.75) is 41.9 Å². The smallest absolute Gasteiger partial charge is 0.189 e. The molecular weight excluding hydrogens is 422 g/mol. The van der Waals surface area contributed by atoms with Crippen LogP contribution in [0.4, 0.5) is 8.78 Å². The lowest BCUT2D eigenvalue weighted by molar-refractivity contribution is -0.0760. The Morgan fingerprint density at radius 2 is 1.83 bits per heavy atom. The van der Waals surface area contributed by atoms with Crippen LogP contribution >= 0.6 is 11.6 Å². The van der Waals surface area contributed by atoms with Gasteiger partial charge >= 0.3 is 0 Å². The molecule has 2 aliphatic rings. The first-order valence-electron chi connectivity index (χ1n) is 9.56. The van der Waals surface area contributed by atoms with Crippen molar-refractivity contribution in [1.29, 1.82) is 0 Å². The molecule has 0 aliphatic carbocycles. The lowest BCUT2D eigenvalue weighted by Crippen LogP contribution is -2.57. The molecule has 0 radical (unpaired) electrons. The molecule has 156 valence electrons. The molecule has 1 fully saturated rings. The summed E-state index contributed by atoms with van der Waals surface area (Å²) in [6.07, 6.45) is 0.931. The van der Waals surface area contributed by atoms with Gasteiger partial charge in [0.05, 0.1) is 23.2 Å². The SMILES string of the molecule is CCC[C@@H]1OCC[C@@]2(S(=O)(=O)c3ccc(Cl)cc3)c3c(F)ccc(F)c3OC[C@@H]12. The Hall–Kier alpha value is -1.70. The summed E-state index contributed by atoms with van der Waals surface area (Å²) in [6.45, 7) is 2.03. The number of sulfone groups is 1. The first kappa shape index (κ1) is 20.6. The number of ether oxygens (including phenoxy) is 2. The fourth-order valence-corrected chi connectivity index (χ4v) is 7.09. The van der Waals surface area contributed by atoms with Crippen molar-refractivity contribution < 1.29 is 26.7 Å². The predicted molar refractivity (Wildman–Crippen MR) is 105 cm³/mol. The zero-order valence-electron chi connectivity index (χ0n) is 15.8. The van der Waals surface area contributed by atoms with E-state index in [1.807, 2.05) is 6.92 Å². The van der Waals surface area contributed by atoms with E-state index < -0.39 is 38.2 Å². The number of benzene rings is 2. The summed E-state index contributed by atoms with van der Waals surface area (Å²) >= 11 is 5.93. The van der Waals surface area contributed by atoms with E-state index in [-0.39, 0.29) is 35.8 Å². The zero-order chi connectivity index (χ0) is 20.8. The van der Waals surface area contributed by atoms with Gasteiger partial charge in [-0.2, -0.15) is 0 Å². The van der Waals surface area contributed by atoms with Gasteiger partial charge in [0.15, 0.2) is 21.4 Å². The second kappa shape index (κ2) is 7.52. The van der Waals surface area contributed by atoms with Gasteiger partial charge in [-0.25, -0.2) is 17.2 Å². The molecule has 0 amide bonds. The van der Waals surface area contributed by atoms with Crippen LogP contribution in [0.1, 0.15) is 31.7 Å². The highest BCUT2D eigenvalue weighted by molar-refractivity contribution is 7.92. The van der Waals surface area contributed by atoms with E-state index in [1.165, 1.54) is 24.3 Å². The quantitative estimate of drug-likeness (QED) is 0.676. The lowest BCUT2D eigenvalue weighted by atomic mass is 9.75. The molecule has 8 heteroatoms. The minimum Gasteiger partial charge on any atom is -0.490 e. The summed E-state index contributed by atoms with van der Waals surface area (Å²) in [5.41, 5.74) is -0.229. The van der Waals surface area contributed by atoms with E-state index in [1.54, 1.807) is 0 Å². The van der Waals surface area contributed by atoms with Gasteiger partial charge in [-0.1, -0.05) is 24.9 Å².